The Morgan fingerprint density at radius 2 is 1.85 bits per heavy atom. The highest BCUT2D eigenvalue weighted by Crippen LogP contribution is 2.28. The number of rotatable bonds is 1. The lowest BCUT2D eigenvalue weighted by Gasteiger charge is -2.11. The maximum Gasteiger partial charge on any atom is 0.0424 e. The van der Waals surface area contributed by atoms with Gasteiger partial charge < -0.3 is 5.32 Å². The summed E-state index contributed by atoms with van der Waals surface area (Å²) in [7, 11) is 0. The zero-order valence-corrected chi connectivity index (χ0v) is 8.70. The van der Waals surface area contributed by atoms with Gasteiger partial charge in [-0.1, -0.05) is 23.2 Å². The van der Waals surface area contributed by atoms with Crippen molar-refractivity contribution in [3.8, 4) is 0 Å². The summed E-state index contributed by atoms with van der Waals surface area (Å²) in [5.74, 6) is 0. The first-order valence-corrected chi connectivity index (χ1v) is 5.21. The average Bonchev–Trinajstić information content (AvgIpc) is 2.53. The van der Waals surface area contributed by atoms with Crippen molar-refractivity contribution in [1.29, 1.82) is 0 Å². The Balaban J connectivity index is 2.28. The van der Waals surface area contributed by atoms with Crippen LogP contribution in [0.15, 0.2) is 18.2 Å². The molecular weight excluding hydrogens is 205 g/mol. The van der Waals surface area contributed by atoms with Crippen molar-refractivity contribution < 1.29 is 0 Å². The molecule has 2 rings (SSSR count). The highest BCUT2D eigenvalue weighted by molar-refractivity contribution is 6.34. The van der Waals surface area contributed by atoms with Crippen LogP contribution in [0.2, 0.25) is 10.0 Å². The number of benzene rings is 1. The highest BCUT2D eigenvalue weighted by atomic mass is 35.5. The van der Waals surface area contributed by atoms with Gasteiger partial charge in [-0.25, -0.2) is 0 Å². The van der Waals surface area contributed by atoms with Crippen LogP contribution in [-0.2, 0) is 0 Å². The van der Waals surface area contributed by atoms with Crippen molar-refractivity contribution in [3.05, 3.63) is 33.8 Å². The molecule has 3 heteroatoms. The average molecular weight is 216 g/mol. The fourth-order valence-corrected chi connectivity index (χ4v) is 2.29. The first-order chi connectivity index (χ1) is 6.25. The molecular formula is C10H11Cl2N. The molecule has 1 aromatic rings. The zero-order chi connectivity index (χ0) is 9.26. The summed E-state index contributed by atoms with van der Waals surface area (Å²) in [5, 5.41) is 4.85. The summed E-state index contributed by atoms with van der Waals surface area (Å²) < 4.78 is 0. The molecule has 1 nitrogen and oxygen atoms in total. The van der Waals surface area contributed by atoms with Gasteiger partial charge in [-0.15, -0.1) is 0 Å². The van der Waals surface area contributed by atoms with Crippen molar-refractivity contribution in [3.63, 3.8) is 0 Å². The van der Waals surface area contributed by atoms with Crippen molar-refractivity contribution >= 4 is 23.2 Å². The predicted octanol–water partition coefficient (Wildman–Crippen LogP) is 3.42. The Labute approximate surface area is 88.0 Å². The Morgan fingerprint density at radius 3 is 2.38 bits per heavy atom. The molecule has 1 heterocycles. The summed E-state index contributed by atoms with van der Waals surface area (Å²) >= 11 is 11.8. The van der Waals surface area contributed by atoms with Gasteiger partial charge in [0.25, 0.3) is 0 Å². The molecule has 1 saturated heterocycles. The molecule has 70 valence electrons. The number of halogens is 2. The van der Waals surface area contributed by atoms with Gasteiger partial charge in [0.1, 0.15) is 0 Å². The summed E-state index contributed by atoms with van der Waals surface area (Å²) in [6.45, 7) is 1.09. The van der Waals surface area contributed by atoms with Gasteiger partial charge in [0.15, 0.2) is 0 Å². The molecule has 0 aromatic heterocycles. The van der Waals surface area contributed by atoms with E-state index in [2.05, 4.69) is 5.32 Å². The van der Waals surface area contributed by atoms with Crippen LogP contribution in [0.1, 0.15) is 24.4 Å². The second-order valence-electron chi connectivity index (χ2n) is 3.35. The minimum absolute atomic E-state index is 0.441. The summed E-state index contributed by atoms with van der Waals surface area (Å²) in [5.41, 5.74) is 1.20. The van der Waals surface area contributed by atoms with Crippen molar-refractivity contribution in [2.24, 2.45) is 0 Å². The number of hydrogen-bond acceptors (Lipinski definition) is 1. The lowest BCUT2D eigenvalue weighted by atomic mass is 10.1. The number of nitrogens with one attached hydrogen (secondary N) is 1. The fraction of sp³-hybridized carbons (Fsp3) is 0.400. The van der Waals surface area contributed by atoms with Gasteiger partial charge in [-0.05, 0) is 43.1 Å². The molecule has 0 saturated carbocycles. The van der Waals surface area contributed by atoms with Crippen LogP contribution in [0.4, 0.5) is 0 Å². The van der Waals surface area contributed by atoms with E-state index in [-0.39, 0.29) is 0 Å². The molecule has 1 atom stereocenters. The molecule has 1 unspecified atom stereocenters. The molecule has 1 aromatic carbocycles. The Hall–Kier alpha value is -0.240. The van der Waals surface area contributed by atoms with Crippen LogP contribution >= 0.6 is 23.2 Å². The third-order valence-corrected chi connectivity index (χ3v) is 2.78. The van der Waals surface area contributed by atoms with Gasteiger partial charge in [0.05, 0.1) is 0 Å². The van der Waals surface area contributed by atoms with E-state index in [0.29, 0.717) is 6.04 Å². The fourth-order valence-electron chi connectivity index (χ4n) is 1.75. The second kappa shape index (κ2) is 3.87. The largest absolute Gasteiger partial charge is 0.310 e. The van der Waals surface area contributed by atoms with E-state index >= 15 is 0 Å². The van der Waals surface area contributed by atoms with Gasteiger partial charge in [-0.2, -0.15) is 0 Å². The first kappa shape index (κ1) is 9.32. The smallest absolute Gasteiger partial charge is 0.0424 e. The third kappa shape index (κ3) is 2.16. The minimum Gasteiger partial charge on any atom is -0.310 e. The van der Waals surface area contributed by atoms with Gasteiger partial charge in [0.2, 0.25) is 0 Å². The quantitative estimate of drug-likeness (QED) is 0.758. The van der Waals surface area contributed by atoms with E-state index in [1.54, 1.807) is 6.07 Å². The monoisotopic (exact) mass is 215 g/mol. The minimum atomic E-state index is 0.441. The lowest BCUT2D eigenvalue weighted by Crippen LogP contribution is -2.12. The van der Waals surface area contributed by atoms with E-state index in [1.165, 1.54) is 18.4 Å². The highest BCUT2D eigenvalue weighted by Gasteiger charge is 2.16. The molecule has 0 radical (unpaired) electrons. The molecule has 0 bridgehead atoms. The van der Waals surface area contributed by atoms with E-state index in [9.17, 15) is 0 Å². The lowest BCUT2D eigenvalue weighted by molar-refractivity contribution is 0.648. The molecule has 1 fully saturated rings. The maximum absolute atomic E-state index is 5.92. The van der Waals surface area contributed by atoms with Crippen LogP contribution in [0.3, 0.4) is 0 Å². The predicted molar refractivity (Wildman–Crippen MR) is 56.4 cm³/mol. The van der Waals surface area contributed by atoms with Crippen LogP contribution < -0.4 is 5.32 Å². The molecule has 13 heavy (non-hydrogen) atoms. The van der Waals surface area contributed by atoms with Crippen molar-refractivity contribution in [2.75, 3.05) is 6.54 Å². The van der Waals surface area contributed by atoms with E-state index in [1.807, 2.05) is 12.1 Å². The van der Waals surface area contributed by atoms with E-state index in [4.69, 9.17) is 23.2 Å². The number of hydrogen-bond donors (Lipinski definition) is 1. The Bertz CT molecular complexity index is 286. The second-order valence-corrected chi connectivity index (χ2v) is 4.22. The van der Waals surface area contributed by atoms with E-state index in [0.717, 1.165) is 16.6 Å². The Morgan fingerprint density at radius 1 is 1.15 bits per heavy atom. The standard InChI is InChI=1S/C10H11Cl2N/c11-8-4-7(5-9(12)6-8)10-2-1-3-13-10/h4-6,10,13H,1-3H2. The van der Waals surface area contributed by atoms with Gasteiger partial charge in [-0.3, -0.25) is 0 Å². The maximum atomic E-state index is 5.92. The van der Waals surface area contributed by atoms with Crippen molar-refractivity contribution in [2.45, 2.75) is 18.9 Å². The van der Waals surface area contributed by atoms with E-state index < -0.39 is 0 Å². The third-order valence-electron chi connectivity index (χ3n) is 2.35. The summed E-state index contributed by atoms with van der Waals surface area (Å²) in [6.07, 6.45) is 2.41. The molecule has 0 spiro atoms. The molecule has 1 aliphatic heterocycles. The van der Waals surface area contributed by atoms with Crippen molar-refractivity contribution in [1.82, 2.24) is 5.32 Å². The summed E-state index contributed by atoms with van der Waals surface area (Å²) in [6, 6.07) is 6.17. The molecule has 0 amide bonds. The Kier molecular flexibility index (Phi) is 2.77. The molecule has 1 N–H and O–H groups in total. The normalized spacial score (nSPS) is 22.2. The zero-order valence-electron chi connectivity index (χ0n) is 7.19. The topological polar surface area (TPSA) is 12.0 Å². The summed E-state index contributed by atoms with van der Waals surface area (Å²) in [4.78, 5) is 0. The van der Waals surface area contributed by atoms with Gasteiger partial charge in [0, 0.05) is 16.1 Å². The van der Waals surface area contributed by atoms with Crippen LogP contribution in [0, 0.1) is 0 Å². The van der Waals surface area contributed by atoms with Crippen LogP contribution in [-0.4, -0.2) is 6.54 Å². The SMILES string of the molecule is Clc1cc(Cl)cc(C2CCCN2)c1. The van der Waals surface area contributed by atoms with Gasteiger partial charge >= 0.3 is 0 Å². The molecule has 1 aliphatic rings. The van der Waals surface area contributed by atoms with Crippen LogP contribution in [0.25, 0.3) is 0 Å². The first-order valence-electron chi connectivity index (χ1n) is 4.45. The molecule has 0 aliphatic carbocycles. The van der Waals surface area contributed by atoms with Crippen LogP contribution in [0.5, 0.6) is 0 Å².